The van der Waals surface area contributed by atoms with E-state index in [1.54, 1.807) is 15.5 Å². The lowest BCUT2D eigenvalue weighted by molar-refractivity contribution is -0.123. The van der Waals surface area contributed by atoms with Gasteiger partial charge in [-0.3, -0.25) is 14.5 Å². The van der Waals surface area contributed by atoms with Crippen LogP contribution in [0.2, 0.25) is 0 Å². The Labute approximate surface area is 198 Å². The standard InChI is InChI=1S/C24H30N4O2S2/c1-5-16(3)28-23(30)20(32-24(28)31)15-18-21(26-13-11-25(4)12-14-26)17-9-7-8-10-19(17)27(6-2)22(18)29/h7-10,15-16H,5-6,11-14H2,1-4H3. The molecular formula is C24H30N4O2S2. The Kier molecular flexibility index (Phi) is 6.74. The van der Waals surface area contributed by atoms with Crippen molar-refractivity contribution in [2.24, 2.45) is 0 Å². The first-order valence-electron chi connectivity index (χ1n) is 11.2. The number of fused-ring (bicyclic) bond motifs is 1. The lowest BCUT2D eigenvalue weighted by Gasteiger charge is -2.35. The molecule has 2 fully saturated rings. The van der Waals surface area contributed by atoms with Crippen LogP contribution in [0.3, 0.4) is 0 Å². The van der Waals surface area contributed by atoms with Gasteiger partial charge >= 0.3 is 0 Å². The number of likely N-dealkylation sites (N-methyl/N-ethyl adjacent to an activating group) is 1. The van der Waals surface area contributed by atoms with E-state index in [0.29, 0.717) is 21.3 Å². The minimum atomic E-state index is -0.103. The third kappa shape index (κ3) is 4.00. The van der Waals surface area contributed by atoms with Gasteiger partial charge in [-0.1, -0.05) is 49.1 Å². The van der Waals surface area contributed by atoms with Crippen molar-refractivity contribution < 1.29 is 4.79 Å². The molecule has 4 rings (SSSR count). The number of rotatable bonds is 5. The van der Waals surface area contributed by atoms with E-state index in [1.807, 2.05) is 39.0 Å². The van der Waals surface area contributed by atoms with Crippen molar-refractivity contribution in [3.8, 4) is 0 Å². The Balaban J connectivity index is 1.92. The van der Waals surface area contributed by atoms with E-state index in [1.165, 1.54) is 11.8 Å². The number of pyridine rings is 1. The summed E-state index contributed by atoms with van der Waals surface area (Å²) in [5.74, 6) is -0.103. The zero-order chi connectivity index (χ0) is 23.0. The molecule has 3 heterocycles. The predicted octanol–water partition coefficient (Wildman–Crippen LogP) is 3.77. The number of carbonyl (C=O) groups is 1. The number of nitrogens with zero attached hydrogens (tertiary/aromatic N) is 4. The number of anilines is 1. The number of hydrogen-bond donors (Lipinski definition) is 0. The highest BCUT2D eigenvalue weighted by molar-refractivity contribution is 8.26. The second-order valence-electron chi connectivity index (χ2n) is 8.43. The number of thioether (sulfide) groups is 1. The second kappa shape index (κ2) is 9.37. The molecule has 0 radical (unpaired) electrons. The van der Waals surface area contributed by atoms with Crippen LogP contribution in [-0.4, -0.2) is 63.9 Å². The minimum absolute atomic E-state index is 0.0365. The highest BCUT2D eigenvalue weighted by atomic mass is 32.2. The molecule has 2 aliphatic heterocycles. The number of amides is 1. The molecule has 8 heteroatoms. The Morgan fingerprint density at radius 2 is 1.81 bits per heavy atom. The van der Waals surface area contributed by atoms with E-state index in [9.17, 15) is 9.59 Å². The van der Waals surface area contributed by atoms with E-state index < -0.39 is 0 Å². The summed E-state index contributed by atoms with van der Waals surface area (Å²) in [5.41, 5.74) is 2.38. The Morgan fingerprint density at radius 1 is 1.12 bits per heavy atom. The van der Waals surface area contributed by atoms with Gasteiger partial charge in [0, 0.05) is 44.2 Å². The van der Waals surface area contributed by atoms with Crippen molar-refractivity contribution >= 4 is 56.9 Å². The average molecular weight is 471 g/mol. The average Bonchev–Trinajstić information content (AvgIpc) is 3.07. The van der Waals surface area contributed by atoms with Crippen molar-refractivity contribution in [3.63, 3.8) is 0 Å². The molecular weight excluding hydrogens is 440 g/mol. The number of aromatic nitrogens is 1. The van der Waals surface area contributed by atoms with Gasteiger partial charge in [-0.05, 0) is 39.5 Å². The molecule has 1 unspecified atom stereocenters. The first kappa shape index (κ1) is 23.0. The van der Waals surface area contributed by atoms with Crippen LogP contribution in [0.1, 0.15) is 32.8 Å². The highest BCUT2D eigenvalue weighted by Gasteiger charge is 2.35. The van der Waals surface area contributed by atoms with Crippen LogP contribution in [0.15, 0.2) is 34.0 Å². The van der Waals surface area contributed by atoms with Crippen molar-refractivity contribution in [1.82, 2.24) is 14.4 Å². The molecule has 170 valence electrons. The molecule has 1 aromatic heterocycles. The van der Waals surface area contributed by atoms with Crippen molar-refractivity contribution in [2.45, 2.75) is 39.8 Å². The summed E-state index contributed by atoms with van der Waals surface area (Å²) in [6, 6.07) is 8.11. The second-order valence-corrected chi connectivity index (χ2v) is 10.1. The van der Waals surface area contributed by atoms with Crippen molar-refractivity contribution in [1.29, 1.82) is 0 Å². The largest absolute Gasteiger partial charge is 0.368 e. The molecule has 1 amide bonds. The third-order valence-electron chi connectivity index (χ3n) is 6.45. The smallest absolute Gasteiger partial charge is 0.266 e. The van der Waals surface area contributed by atoms with Crippen LogP contribution in [-0.2, 0) is 11.3 Å². The van der Waals surface area contributed by atoms with Crippen LogP contribution >= 0.6 is 24.0 Å². The SMILES string of the molecule is CCC(C)N1C(=O)C(=Cc2c(N3CCN(C)CC3)c3ccccc3n(CC)c2=O)SC1=S. The molecule has 0 saturated carbocycles. The summed E-state index contributed by atoms with van der Waals surface area (Å²) in [4.78, 5) is 33.7. The number of piperazine rings is 1. The van der Waals surface area contributed by atoms with Gasteiger partial charge in [0.1, 0.15) is 4.32 Å². The molecule has 2 saturated heterocycles. The Bertz CT molecular complexity index is 1150. The normalized spacial score (nSPS) is 20.1. The highest BCUT2D eigenvalue weighted by Crippen LogP contribution is 2.37. The molecule has 32 heavy (non-hydrogen) atoms. The fourth-order valence-corrected chi connectivity index (χ4v) is 5.84. The first-order chi connectivity index (χ1) is 15.4. The lowest BCUT2D eigenvalue weighted by atomic mass is 10.0. The van der Waals surface area contributed by atoms with E-state index in [2.05, 4.69) is 22.9 Å². The van der Waals surface area contributed by atoms with Crippen LogP contribution in [0, 0.1) is 0 Å². The topological polar surface area (TPSA) is 48.8 Å². The van der Waals surface area contributed by atoms with Crippen LogP contribution < -0.4 is 10.5 Å². The van der Waals surface area contributed by atoms with Gasteiger partial charge in [0.25, 0.3) is 11.5 Å². The molecule has 6 nitrogen and oxygen atoms in total. The number of benzene rings is 1. The van der Waals surface area contributed by atoms with Crippen LogP contribution in [0.4, 0.5) is 5.69 Å². The van der Waals surface area contributed by atoms with E-state index in [0.717, 1.165) is 49.2 Å². The molecule has 0 spiro atoms. The number of para-hydroxylation sites is 1. The molecule has 2 aliphatic rings. The van der Waals surface area contributed by atoms with Crippen molar-refractivity contribution in [2.75, 3.05) is 38.1 Å². The van der Waals surface area contributed by atoms with Gasteiger partial charge in [-0.25, -0.2) is 0 Å². The fourth-order valence-electron chi connectivity index (χ4n) is 4.40. The summed E-state index contributed by atoms with van der Waals surface area (Å²) in [5, 5.41) is 1.04. The Morgan fingerprint density at radius 3 is 2.47 bits per heavy atom. The summed E-state index contributed by atoms with van der Waals surface area (Å²) in [7, 11) is 2.12. The number of carbonyl (C=O) groups excluding carboxylic acids is 1. The van der Waals surface area contributed by atoms with Crippen LogP contribution in [0.5, 0.6) is 0 Å². The molecule has 0 N–H and O–H groups in total. The van der Waals surface area contributed by atoms with E-state index in [-0.39, 0.29) is 17.5 Å². The van der Waals surface area contributed by atoms with Crippen LogP contribution in [0.25, 0.3) is 17.0 Å². The molecule has 0 aliphatic carbocycles. The van der Waals surface area contributed by atoms with Gasteiger partial charge in [0.05, 0.1) is 21.7 Å². The molecule has 2 aromatic rings. The summed E-state index contributed by atoms with van der Waals surface area (Å²) < 4.78 is 2.37. The van der Waals surface area contributed by atoms with Gasteiger partial charge < -0.3 is 14.4 Å². The summed E-state index contributed by atoms with van der Waals surface area (Å²) in [6.45, 7) is 10.1. The zero-order valence-electron chi connectivity index (χ0n) is 19.1. The quantitative estimate of drug-likeness (QED) is 0.490. The summed E-state index contributed by atoms with van der Waals surface area (Å²) in [6.07, 6.45) is 2.61. The third-order valence-corrected chi connectivity index (χ3v) is 7.78. The maximum Gasteiger partial charge on any atom is 0.266 e. The maximum atomic E-state index is 13.7. The number of thiocarbonyl (C=S) groups is 1. The number of hydrogen-bond acceptors (Lipinski definition) is 6. The molecule has 1 atom stereocenters. The monoisotopic (exact) mass is 470 g/mol. The molecule has 1 aromatic carbocycles. The minimum Gasteiger partial charge on any atom is -0.368 e. The summed E-state index contributed by atoms with van der Waals surface area (Å²) >= 11 is 6.81. The predicted molar refractivity (Wildman–Crippen MR) is 138 cm³/mol. The fraction of sp³-hybridized carbons (Fsp3) is 0.458. The van der Waals surface area contributed by atoms with Gasteiger partial charge in [-0.15, -0.1) is 0 Å². The van der Waals surface area contributed by atoms with Gasteiger partial charge in [0.2, 0.25) is 0 Å². The Hall–Kier alpha value is -2.16. The maximum absolute atomic E-state index is 13.7. The van der Waals surface area contributed by atoms with Gasteiger partial charge in [0.15, 0.2) is 0 Å². The zero-order valence-corrected chi connectivity index (χ0v) is 20.8. The van der Waals surface area contributed by atoms with E-state index >= 15 is 0 Å². The molecule has 0 bridgehead atoms. The lowest BCUT2D eigenvalue weighted by Crippen LogP contribution is -2.45. The van der Waals surface area contributed by atoms with Crippen molar-refractivity contribution in [3.05, 3.63) is 45.1 Å². The van der Waals surface area contributed by atoms with E-state index in [4.69, 9.17) is 12.2 Å². The van der Waals surface area contributed by atoms with Gasteiger partial charge in [-0.2, -0.15) is 0 Å². The number of aryl methyl sites for hydroxylation is 1. The first-order valence-corrected chi connectivity index (χ1v) is 12.5.